The molecule has 0 saturated carbocycles. The summed E-state index contributed by atoms with van der Waals surface area (Å²) in [5.41, 5.74) is 9.39. The summed E-state index contributed by atoms with van der Waals surface area (Å²) in [4.78, 5) is 17.3. The lowest BCUT2D eigenvalue weighted by molar-refractivity contribution is 0.117. The number of hydrogen-bond acceptors (Lipinski definition) is 11. The van der Waals surface area contributed by atoms with Crippen LogP contribution in [0.15, 0.2) is 10.6 Å². The van der Waals surface area contributed by atoms with Crippen LogP contribution in [0.4, 0.5) is 15.2 Å². The number of thiophene rings is 1. The minimum Gasteiger partial charge on any atom is -0.473 e. The fourth-order valence-corrected chi connectivity index (χ4v) is 8.50. The highest BCUT2D eigenvalue weighted by atomic mass is 32.1. The highest BCUT2D eigenvalue weighted by molar-refractivity contribution is 7.16. The first-order valence-electron chi connectivity index (χ1n) is 16.3. The number of halogens is 1. The van der Waals surface area contributed by atoms with Gasteiger partial charge in [0.25, 0.3) is 0 Å². The van der Waals surface area contributed by atoms with Crippen molar-refractivity contribution in [2.45, 2.75) is 95.5 Å². The van der Waals surface area contributed by atoms with Crippen LogP contribution in [0.2, 0.25) is 0 Å². The van der Waals surface area contributed by atoms with Crippen LogP contribution in [-0.2, 0) is 12.8 Å². The van der Waals surface area contributed by atoms with Gasteiger partial charge < -0.3 is 24.8 Å². The van der Waals surface area contributed by atoms with E-state index in [9.17, 15) is 5.26 Å². The molecule has 10 nitrogen and oxygen atoms in total. The van der Waals surface area contributed by atoms with Crippen molar-refractivity contribution in [1.29, 1.82) is 5.26 Å². The number of nitriles is 1. The molecule has 0 amide bonds. The van der Waals surface area contributed by atoms with E-state index < -0.39 is 6.17 Å². The number of aromatic nitrogens is 3. The van der Waals surface area contributed by atoms with Crippen molar-refractivity contribution in [3.63, 3.8) is 0 Å². The number of alkyl halides is 1. The van der Waals surface area contributed by atoms with Crippen LogP contribution in [0, 0.1) is 11.3 Å². The minimum absolute atomic E-state index is 0.0864. The lowest BCUT2D eigenvalue weighted by Crippen LogP contribution is -2.38. The van der Waals surface area contributed by atoms with Crippen LogP contribution in [0.1, 0.15) is 85.6 Å². The Labute approximate surface area is 269 Å². The minimum atomic E-state index is -1.000. The van der Waals surface area contributed by atoms with Gasteiger partial charge in [-0.25, -0.2) is 9.37 Å². The zero-order chi connectivity index (χ0) is 31.8. The molecule has 0 aromatic carbocycles. The summed E-state index contributed by atoms with van der Waals surface area (Å²) in [6.07, 6.45) is 6.54. The maximum Gasteiger partial charge on any atom is 0.219 e. The predicted molar refractivity (Wildman–Crippen MR) is 175 cm³/mol. The van der Waals surface area contributed by atoms with Crippen molar-refractivity contribution in [3.05, 3.63) is 33.4 Å². The molecule has 0 bridgehead atoms. The van der Waals surface area contributed by atoms with Crippen molar-refractivity contribution in [1.82, 2.24) is 24.9 Å². The summed E-state index contributed by atoms with van der Waals surface area (Å²) in [6, 6.07) is 4.25. The topological polar surface area (TPSA) is 121 Å². The van der Waals surface area contributed by atoms with E-state index in [0.29, 0.717) is 46.4 Å². The van der Waals surface area contributed by atoms with Crippen LogP contribution < -0.4 is 15.4 Å². The molecule has 1 aliphatic carbocycles. The third-order valence-electron chi connectivity index (χ3n) is 9.85. The smallest absolute Gasteiger partial charge is 0.219 e. The number of nitrogens with two attached hydrogens (primary N) is 1. The van der Waals surface area contributed by atoms with E-state index in [1.165, 1.54) is 11.3 Å². The molecular formula is C33H45FN8O2S. The van der Waals surface area contributed by atoms with E-state index in [1.807, 2.05) is 30.0 Å². The Morgan fingerprint density at radius 3 is 2.78 bits per heavy atom. The van der Waals surface area contributed by atoms with Gasteiger partial charge in [0.15, 0.2) is 11.5 Å². The number of nitrogen functional groups attached to an aromatic ring is 1. The van der Waals surface area contributed by atoms with Crippen molar-refractivity contribution in [3.8, 4) is 23.5 Å². The average molecular weight is 637 g/mol. The molecule has 5 atom stereocenters. The van der Waals surface area contributed by atoms with Crippen molar-refractivity contribution >= 4 is 22.2 Å². The number of fused-ring (bicyclic) bond motifs is 1. The average Bonchev–Trinajstić information content (AvgIpc) is 3.80. The van der Waals surface area contributed by atoms with Gasteiger partial charge in [-0.05, 0) is 85.1 Å². The summed E-state index contributed by atoms with van der Waals surface area (Å²) >= 11 is 1.51. The second-order valence-corrected chi connectivity index (χ2v) is 14.2. The number of likely N-dealkylation sites (tertiary alicyclic amines) is 1. The van der Waals surface area contributed by atoms with Crippen molar-refractivity contribution < 1.29 is 13.7 Å². The molecule has 2 aliphatic heterocycles. The Morgan fingerprint density at radius 2 is 2.09 bits per heavy atom. The van der Waals surface area contributed by atoms with E-state index in [-0.39, 0.29) is 24.6 Å². The Balaban J connectivity index is 1.42. The van der Waals surface area contributed by atoms with Gasteiger partial charge in [0, 0.05) is 35.0 Å². The normalized spacial score (nSPS) is 24.3. The summed E-state index contributed by atoms with van der Waals surface area (Å²) in [6.45, 7) is 6.05. The summed E-state index contributed by atoms with van der Waals surface area (Å²) in [7, 11) is 5.95. The number of rotatable bonds is 10. The first-order valence-corrected chi connectivity index (χ1v) is 17.1. The van der Waals surface area contributed by atoms with Gasteiger partial charge in [0.2, 0.25) is 5.88 Å². The summed E-state index contributed by atoms with van der Waals surface area (Å²) < 4.78 is 27.9. The van der Waals surface area contributed by atoms with Gasteiger partial charge in [-0.1, -0.05) is 18.5 Å². The maximum absolute atomic E-state index is 15.1. The second kappa shape index (κ2) is 13.2. The van der Waals surface area contributed by atoms with Gasteiger partial charge >= 0.3 is 0 Å². The van der Waals surface area contributed by atoms with E-state index in [4.69, 9.17) is 25.0 Å². The quantitative estimate of drug-likeness (QED) is 0.309. The van der Waals surface area contributed by atoms with Crippen LogP contribution in [-0.4, -0.2) is 90.1 Å². The third-order valence-corrected chi connectivity index (χ3v) is 10.9. The molecule has 3 aromatic heterocycles. The fraction of sp³-hybridized carbons (Fsp3) is 0.636. The van der Waals surface area contributed by atoms with Gasteiger partial charge in [-0.2, -0.15) is 10.2 Å². The van der Waals surface area contributed by atoms with Crippen LogP contribution >= 0.6 is 11.3 Å². The molecule has 3 aromatic rings. The molecule has 3 aliphatic rings. The highest BCUT2D eigenvalue weighted by Crippen LogP contribution is 2.47. The molecule has 5 heterocycles. The van der Waals surface area contributed by atoms with Gasteiger partial charge in [0.1, 0.15) is 34.9 Å². The monoisotopic (exact) mass is 636 g/mol. The second-order valence-electron chi connectivity index (χ2n) is 13.1. The number of hydrogen-bond donors (Lipinski definition) is 1. The number of anilines is 2. The summed E-state index contributed by atoms with van der Waals surface area (Å²) in [5, 5.41) is 15.2. The van der Waals surface area contributed by atoms with E-state index in [1.54, 1.807) is 0 Å². The van der Waals surface area contributed by atoms with Crippen LogP contribution in [0.3, 0.4) is 0 Å². The molecule has 45 heavy (non-hydrogen) atoms. The Kier molecular flexibility index (Phi) is 9.32. The van der Waals surface area contributed by atoms with Crippen molar-refractivity contribution in [2.75, 3.05) is 51.4 Å². The Morgan fingerprint density at radius 1 is 1.27 bits per heavy atom. The zero-order valence-corrected chi connectivity index (χ0v) is 27.9. The Hall–Kier alpha value is -3.27. The lowest BCUT2D eigenvalue weighted by atomic mass is 9.81. The van der Waals surface area contributed by atoms with Gasteiger partial charge in [-0.15, -0.1) is 11.3 Å². The number of likely N-dealkylation sites (N-methyl/N-ethyl adjacent to an activating group) is 2. The number of nitrogens with zero attached hydrogens (tertiary/aromatic N) is 7. The zero-order valence-electron chi connectivity index (χ0n) is 27.1. The molecule has 2 saturated heterocycles. The first-order chi connectivity index (χ1) is 21.7. The SMILES string of the molecule is CCCCc1c(-c2nc(O[C@@H](C)[C@@H]3CCCN3C)cc(N3C[C@@H](N(C)C)[C@@H](F)C3)n2)noc1[C@H]1CCCc2sc(N)c(C#N)c21. The van der Waals surface area contributed by atoms with E-state index in [2.05, 4.69) is 37.0 Å². The van der Waals surface area contributed by atoms with E-state index >= 15 is 4.39 Å². The molecule has 2 fully saturated rings. The highest BCUT2D eigenvalue weighted by Gasteiger charge is 2.37. The lowest BCUT2D eigenvalue weighted by Gasteiger charge is -2.27. The standard InChI is InChI=1S/C33H45FN8O2S/c1-6-7-10-21-30(39-44-31(21)20-11-8-13-26-29(20)22(16-35)32(36)45-26)33-37-27(42-17-23(34)25(18-42)40(3)4)15-28(38-33)43-19(2)24-12-9-14-41(24)5/h15,19-20,23-25H,6-14,17-18,36H2,1-5H3/t19-,20-,23-,24-,25+/m0/s1. The fourth-order valence-electron chi connectivity index (χ4n) is 7.38. The van der Waals surface area contributed by atoms with Gasteiger partial charge in [-0.3, -0.25) is 4.90 Å². The molecule has 6 rings (SSSR count). The molecular weight excluding hydrogens is 591 g/mol. The molecule has 0 radical (unpaired) electrons. The molecule has 0 unspecified atom stereocenters. The predicted octanol–water partition coefficient (Wildman–Crippen LogP) is 5.41. The van der Waals surface area contributed by atoms with Crippen LogP contribution in [0.25, 0.3) is 11.5 Å². The molecule has 0 spiro atoms. The molecule has 242 valence electrons. The van der Waals surface area contributed by atoms with E-state index in [0.717, 1.165) is 79.7 Å². The largest absolute Gasteiger partial charge is 0.473 e. The Bertz CT molecular complexity index is 1550. The molecule has 2 N–H and O–H groups in total. The third kappa shape index (κ3) is 6.14. The van der Waals surface area contributed by atoms with Gasteiger partial charge in [0.05, 0.1) is 18.2 Å². The number of aryl methyl sites for hydroxylation is 1. The first kappa shape index (κ1) is 31.7. The van der Waals surface area contributed by atoms with Crippen LogP contribution in [0.5, 0.6) is 5.88 Å². The number of ether oxygens (including phenoxy) is 1. The maximum atomic E-state index is 15.1. The van der Waals surface area contributed by atoms with Crippen molar-refractivity contribution in [2.24, 2.45) is 0 Å². The number of unbranched alkanes of at least 4 members (excludes halogenated alkanes) is 1. The molecule has 12 heteroatoms. The summed E-state index contributed by atoms with van der Waals surface area (Å²) in [5.74, 6) is 2.16.